The van der Waals surface area contributed by atoms with Crippen LogP contribution in [0, 0.1) is 5.41 Å². The van der Waals surface area contributed by atoms with E-state index in [1.54, 1.807) is 4.90 Å². The number of rotatable bonds is 8. The molecule has 1 saturated heterocycles. The molecule has 0 aliphatic carbocycles. The van der Waals surface area contributed by atoms with Crippen molar-refractivity contribution in [3.63, 3.8) is 0 Å². The van der Waals surface area contributed by atoms with Crippen molar-refractivity contribution in [1.29, 1.82) is 0 Å². The number of nitrogens with one attached hydrogen (secondary N) is 1. The Balaban J connectivity index is 2.61. The number of likely N-dealkylation sites (tertiary alicyclic amines) is 1. The van der Waals surface area contributed by atoms with Crippen molar-refractivity contribution in [2.75, 3.05) is 19.7 Å². The fourth-order valence-corrected chi connectivity index (χ4v) is 2.72. The lowest BCUT2D eigenvalue weighted by Gasteiger charge is -2.32. The SMILES string of the molecule is CCC(C(=O)NCC(CC)(CC)CO)N1CCCC1=O. The lowest BCUT2D eigenvalue weighted by molar-refractivity contribution is -0.137. The van der Waals surface area contributed by atoms with E-state index in [9.17, 15) is 14.7 Å². The normalized spacial score (nSPS) is 17.4. The summed E-state index contributed by atoms with van der Waals surface area (Å²) < 4.78 is 0. The smallest absolute Gasteiger partial charge is 0.242 e. The van der Waals surface area contributed by atoms with Gasteiger partial charge in [-0.1, -0.05) is 20.8 Å². The van der Waals surface area contributed by atoms with Crippen LogP contribution in [0.1, 0.15) is 52.9 Å². The van der Waals surface area contributed by atoms with Gasteiger partial charge in [-0.15, -0.1) is 0 Å². The second kappa shape index (κ2) is 7.62. The molecule has 1 heterocycles. The van der Waals surface area contributed by atoms with Crippen molar-refractivity contribution in [3.8, 4) is 0 Å². The fraction of sp³-hybridized carbons (Fsp3) is 0.867. The maximum absolute atomic E-state index is 12.3. The van der Waals surface area contributed by atoms with E-state index in [1.165, 1.54) is 0 Å². The van der Waals surface area contributed by atoms with E-state index in [4.69, 9.17) is 0 Å². The molecule has 0 aromatic heterocycles. The fourth-order valence-electron chi connectivity index (χ4n) is 2.72. The molecule has 2 N–H and O–H groups in total. The second-order valence-corrected chi connectivity index (χ2v) is 5.70. The van der Waals surface area contributed by atoms with E-state index in [-0.39, 0.29) is 29.9 Å². The van der Waals surface area contributed by atoms with Crippen LogP contribution in [0.15, 0.2) is 0 Å². The molecule has 1 rings (SSSR count). The van der Waals surface area contributed by atoms with Crippen LogP contribution < -0.4 is 5.32 Å². The maximum Gasteiger partial charge on any atom is 0.242 e. The molecule has 2 amide bonds. The van der Waals surface area contributed by atoms with E-state index >= 15 is 0 Å². The molecule has 0 spiro atoms. The molecular formula is C15H28N2O3. The zero-order chi connectivity index (χ0) is 15.2. The van der Waals surface area contributed by atoms with E-state index in [2.05, 4.69) is 5.32 Å². The van der Waals surface area contributed by atoms with Gasteiger partial charge in [0.1, 0.15) is 6.04 Å². The second-order valence-electron chi connectivity index (χ2n) is 5.70. The molecule has 116 valence electrons. The molecule has 1 atom stereocenters. The van der Waals surface area contributed by atoms with Crippen LogP contribution in [0.2, 0.25) is 0 Å². The summed E-state index contributed by atoms with van der Waals surface area (Å²) in [6, 6.07) is -0.366. The summed E-state index contributed by atoms with van der Waals surface area (Å²) in [6.45, 7) is 7.18. The first kappa shape index (κ1) is 17.0. The lowest BCUT2D eigenvalue weighted by Crippen LogP contribution is -2.50. The molecular weight excluding hydrogens is 256 g/mol. The monoisotopic (exact) mass is 284 g/mol. The molecule has 5 heteroatoms. The van der Waals surface area contributed by atoms with Gasteiger partial charge in [0.05, 0.1) is 6.61 Å². The van der Waals surface area contributed by atoms with E-state index in [1.807, 2.05) is 20.8 Å². The zero-order valence-electron chi connectivity index (χ0n) is 12.9. The predicted molar refractivity (Wildman–Crippen MR) is 78.1 cm³/mol. The quantitative estimate of drug-likeness (QED) is 0.706. The number of carbonyl (C=O) groups excluding carboxylic acids is 2. The van der Waals surface area contributed by atoms with Gasteiger partial charge in [-0.25, -0.2) is 0 Å². The summed E-state index contributed by atoms with van der Waals surface area (Å²) in [7, 11) is 0. The molecule has 0 bridgehead atoms. The Kier molecular flexibility index (Phi) is 6.46. The summed E-state index contributed by atoms with van der Waals surface area (Å²) in [6.07, 6.45) is 3.66. The molecule has 0 radical (unpaired) electrons. The highest BCUT2D eigenvalue weighted by Gasteiger charge is 2.33. The summed E-state index contributed by atoms with van der Waals surface area (Å²) in [5.41, 5.74) is -0.247. The highest BCUT2D eigenvalue weighted by atomic mass is 16.3. The summed E-state index contributed by atoms with van der Waals surface area (Å²) in [5.74, 6) is -0.0196. The van der Waals surface area contributed by atoms with E-state index in [0.29, 0.717) is 25.9 Å². The van der Waals surface area contributed by atoms with Crippen LogP contribution in [-0.2, 0) is 9.59 Å². The third kappa shape index (κ3) is 3.72. The van der Waals surface area contributed by atoms with Gasteiger partial charge in [0, 0.05) is 24.9 Å². The minimum Gasteiger partial charge on any atom is -0.396 e. The van der Waals surface area contributed by atoms with Gasteiger partial charge in [0.25, 0.3) is 0 Å². The number of nitrogens with zero attached hydrogens (tertiary/aromatic N) is 1. The first-order valence-electron chi connectivity index (χ1n) is 7.71. The van der Waals surface area contributed by atoms with Gasteiger partial charge in [0.15, 0.2) is 0 Å². The van der Waals surface area contributed by atoms with Gasteiger partial charge >= 0.3 is 0 Å². The van der Waals surface area contributed by atoms with Gasteiger partial charge in [0.2, 0.25) is 11.8 Å². The van der Waals surface area contributed by atoms with Crippen LogP contribution in [0.4, 0.5) is 0 Å². The van der Waals surface area contributed by atoms with Gasteiger partial charge in [-0.2, -0.15) is 0 Å². The Morgan fingerprint density at radius 1 is 1.40 bits per heavy atom. The molecule has 1 aliphatic heterocycles. The third-order valence-electron chi connectivity index (χ3n) is 4.65. The summed E-state index contributed by atoms with van der Waals surface area (Å²) in [5, 5.41) is 12.5. The van der Waals surface area contributed by atoms with Crippen LogP contribution in [-0.4, -0.2) is 47.6 Å². The Hall–Kier alpha value is -1.10. The molecule has 20 heavy (non-hydrogen) atoms. The number of amides is 2. The number of hydrogen-bond donors (Lipinski definition) is 2. The van der Waals surface area contributed by atoms with Crippen molar-refractivity contribution in [2.45, 2.75) is 58.9 Å². The van der Waals surface area contributed by atoms with Crippen LogP contribution in [0.5, 0.6) is 0 Å². The first-order valence-corrected chi connectivity index (χ1v) is 7.71. The molecule has 1 fully saturated rings. The number of hydrogen-bond acceptors (Lipinski definition) is 3. The van der Waals surface area contributed by atoms with Crippen LogP contribution in [0.3, 0.4) is 0 Å². The standard InChI is InChI=1S/C15H28N2O3/c1-4-12(17-9-7-8-13(17)19)14(20)16-10-15(5-2,6-3)11-18/h12,18H,4-11H2,1-3H3,(H,16,20). The highest BCUT2D eigenvalue weighted by molar-refractivity contribution is 5.88. The topological polar surface area (TPSA) is 69.6 Å². The Morgan fingerprint density at radius 3 is 2.45 bits per heavy atom. The van der Waals surface area contributed by atoms with Crippen molar-refractivity contribution >= 4 is 11.8 Å². The van der Waals surface area contributed by atoms with Crippen molar-refractivity contribution < 1.29 is 14.7 Å². The Bertz CT molecular complexity index is 332. The van der Waals surface area contributed by atoms with E-state index < -0.39 is 0 Å². The molecule has 1 unspecified atom stereocenters. The molecule has 0 aromatic rings. The summed E-state index contributed by atoms with van der Waals surface area (Å²) >= 11 is 0. The number of aliphatic hydroxyl groups excluding tert-OH is 1. The van der Waals surface area contributed by atoms with Crippen molar-refractivity contribution in [2.24, 2.45) is 5.41 Å². The number of carbonyl (C=O) groups is 2. The average molecular weight is 284 g/mol. The van der Waals surface area contributed by atoms with Crippen molar-refractivity contribution in [3.05, 3.63) is 0 Å². The largest absolute Gasteiger partial charge is 0.396 e. The Labute approximate surface area is 121 Å². The minimum atomic E-state index is -0.366. The van der Waals surface area contributed by atoms with Crippen molar-refractivity contribution in [1.82, 2.24) is 10.2 Å². The Morgan fingerprint density at radius 2 is 2.05 bits per heavy atom. The highest BCUT2D eigenvalue weighted by Crippen LogP contribution is 2.24. The van der Waals surface area contributed by atoms with E-state index in [0.717, 1.165) is 19.3 Å². The van der Waals surface area contributed by atoms with Crippen LogP contribution in [0.25, 0.3) is 0 Å². The molecule has 5 nitrogen and oxygen atoms in total. The average Bonchev–Trinajstić information content (AvgIpc) is 2.88. The van der Waals surface area contributed by atoms with Crippen LogP contribution >= 0.6 is 0 Å². The summed E-state index contributed by atoms with van der Waals surface area (Å²) in [4.78, 5) is 25.8. The molecule has 1 aliphatic rings. The molecule has 0 aromatic carbocycles. The third-order valence-corrected chi connectivity index (χ3v) is 4.65. The zero-order valence-corrected chi connectivity index (χ0v) is 12.9. The van der Waals surface area contributed by atoms with Gasteiger partial charge < -0.3 is 15.3 Å². The number of aliphatic hydroxyl groups is 1. The molecule has 0 saturated carbocycles. The lowest BCUT2D eigenvalue weighted by atomic mass is 9.83. The maximum atomic E-state index is 12.3. The predicted octanol–water partition coefficient (Wildman–Crippen LogP) is 1.30. The first-order chi connectivity index (χ1) is 9.53. The van der Waals surface area contributed by atoms with Gasteiger partial charge in [-0.05, 0) is 25.7 Å². The van der Waals surface area contributed by atoms with Gasteiger partial charge in [-0.3, -0.25) is 9.59 Å². The minimum absolute atomic E-state index is 0.0692.